The molecular formula is C13H18NO2+. The lowest BCUT2D eigenvalue weighted by molar-refractivity contribution is -0.869. The number of carbonyl (C=O) groups is 1. The maximum atomic E-state index is 11.4. The smallest absolute Gasteiger partial charge is 0.245 e. The van der Waals surface area contributed by atoms with Crippen molar-refractivity contribution < 1.29 is 14.4 Å². The normalized spacial score (nSPS) is 9.81. The lowest BCUT2D eigenvalue weighted by Gasteiger charge is -1.97. The van der Waals surface area contributed by atoms with Gasteiger partial charge in [0, 0.05) is 16.9 Å². The Bertz CT molecular complexity index is 343. The summed E-state index contributed by atoms with van der Waals surface area (Å²) in [5, 5.41) is 0. The Balaban J connectivity index is 2.40. The molecule has 1 heterocycles. The lowest BCUT2D eigenvalue weighted by Crippen LogP contribution is -2.45. The van der Waals surface area contributed by atoms with Crippen LogP contribution in [0.2, 0.25) is 0 Å². The predicted octanol–water partition coefficient (Wildman–Crippen LogP) is 2.15. The van der Waals surface area contributed by atoms with Crippen LogP contribution in [0.25, 0.3) is 6.08 Å². The molecule has 0 unspecified atom stereocenters. The Morgan fingerprint density at radius 2 is 2.12 bits per heavy atom. The van der Waals surface area contributed by atoms with Gasteiger partial charge in [0.2, 0.25) is 12.4 Å². The van der Waals surface area contributed by atoms with Crippen molar-refractivity contribution in [1.82, 2.24) is 0 Å². The van der Waals surface area contributed by atoms with E-state index in [1.54, 1.807) is 18.5 Å². The Kier molecular flexibility index (Phi) is 5.26. The highest BCUT2D eigenvalue weighted by Gasteiger charge is 2.09. The second kappa shape index (κ2) is 6.77. The van der Waals surface area contributed by atoms with Crippen LogP contribution < -0.4 is 9.57 Å². The maximum absolute atomic E-state index is 11.4. The van der Waals surface area contributed by atoms with Crippen molar-refractivity contribution in [1.29, 1.82) is 0 Å². The van der Waals surface area contributed by atoms with Crippen molar-refractivity contribution in [2.24, 2.45) is 0 Å². The number of pyridine rings is 1. The van der Waals surface area contributed by atoms with Gasteiger partial charge in [0.15, 0.2) is 0 Å². The van der Waals surface area contributed by atoms with Gasteiger partial charge in [-0.15, -0.1) is 0 Å². The summed E-state index contributed by atoms with van der Waals surface area (Å²) in [6, 6.07) is 3.68. The second-order valence-electron chi connectivity index (χ2n) is 3.62. The maximum Gasteiger partial charge on any atom is 0.380 e. The van der Waals surface area contributed by atoms with E-state index in [4.69, 9.17) is 4.84 Å². The van der Waals surface area contributed by atoms with E-state index in [1.165, 1.54) is 4.73 Å². The molecule has 0 saturated carbocycles. The molecule has 0 amide bonds. The fourth-order valence-electron chi connectivity index (χ4n) is 1.30. The van der Waals surface area contributed by atoms with Gasteiger partial charge in [-0.05, 0) is 12.0 Å². The molecule has 3 heteroatoms. The van der Waals surface area contributed by atoms with Crippen molar-refractivity contribution in [2.75, 3.05) is 0 Å². The minimum absolute atomic E-state index is 0.190. The monoisotopic (exact) mass is 220 g/mol. The molecule has 0 aliphatic heterocycles. The zero-order chi connectivity index (χ0) is 11.8. The number of aromatic nitrogens is 1. The summed E-state index contributed by atoms with van der Waals surface area (Å²) in [7, 11) is 0. The van der Waals surface area contributed by atoms with Crippen molar-refractivity contribution in [2.45, 2.75) is 32.6 Å². The van der Waals surface area contributed by atoms with E-state index in [0.717, 1.165) is 24.8 Å². The van der Waals surface area contributed by atoms with E-state index in [1.807, 2.05) is 12.1 Å². The third-order valence-electron chi connectivity index (χ3n) is 2.26. The Morgan fingerprint density at radius 1 is 1.44 bits per heavy atom. The molecule has 0 bridgehead atoms. The largest absolute Gasteiger partial charge is 0.380 e. The molecule has 0 aromatic carbocycles. The van der Waals surface area contributed by atoms with Gasteiger partial charge < -0.3 is 0 Å². The van der Waals surface area contributed by atoms with E-state index in [-0.39, 0.29) is 5.97 Å². The van der Waals surface area contributed by atoms with Crippen LogP contribution in [0.15, 0.2) is 31.1 Å². The first-order valence-electron chi connectivity index (χ1n) is 5.61. The quantitative estimate of drug-likeness (QED) is 0.543. The molecule has 16 heavy (non-hydrogen) atoms. The topological polar surface area (TPSA) is 30.2 Å². The molecule has 0 fully saturated rings. The third kappa shape index (κ3) is 4.26. The fourth-order valence-corrected chi connectivity index (χ4v) is 1.30. The van der Waals surface area contributed by atoms with Crippen molar-refractivity contribution in [3.05, 3.63) is 36.7 Å². The van der Waals surface area contributed by atoms with Crippen LogP contribution in [0, 0.1) is 0 Å². The first kappa shape index (κ1) is 12.4. The van der Waals surface area contributed by atoms with Gasteiger partial charge in [-0.3, -0.25) is 0 Å². The number of unbranched alkanes of at least 4 members (excludes halogenated alkanes) is 2. The molecule has 1 aromatic rings. The summed E-state index contributed by atoms with van der Waals surface area (Å²) in [6.45, 7) is 5.76. The van der Waals surface area contributed by atoms with E-state index >= 15 is 0 Å². The summed E-state index contributed by atoms with van der Waals surface area (Å²) >= 11 is 0. The van der Waals surface area contributed by atoms with Gasteiger partial charge in [-0.25, -0.2) is 4.79 Å². The highest BCUT2D eigenvalue weighted by molar-refractivity contribution is 5.68. The summed E-state index contributed by atoms with van der Waals surface area (Å²) < 4.78 is 1.42. The van der Waals surface area contributed by atoms with E-state index in [0.29, 0.717) is 6.42 Å². The van der Waals surface area contributed by atoms with Crippen LogP contribution in [-0.4, -0.2) is 5.97 Å². The van der Waals surface area contributed by atoms with Gasteiger partial charge in [0.05, 0.1) is 6.42 Å². The van der Waals surface area contributed by atoms with Gasteiger partial charge in [0.1, 0.15) is 0 Å². The molecule has 1 aromatic heterocycles. The molecule has 86 valence electrons. The molecule has 0 aliphatic carbocycles. The molecule has 0 atom stereocenters. The summed E-state index contributed by atoms with van der Waals surface area (Å²) in [4.78, 5) is 16.5. The van der Waals surface area contributed by atoms with Crippen LogP contribution >= 0.6 is 0 Å². The first-order valence-corrected chi connectivity index (χ1v) is 5.61. The van der Waals surface area contributed by atoms with Crippen LogP contribution in [0.1, 0.15) is 38.2 Å². The Labute approximate surface area is 96.3 Å². The van der Waals surface area contributed by atoms with Gasteiger partial charge in [-0.2, -0.15) is 4.84 Å². The Hall–Kier alpha value is -1.64. The van der Waals surface area contributed by atoms with E-state index in [9.17, 15) is 4.79 Å². The van der Waals surface area contributed by atoms with E-state index < -0.39 is 0 Å². The third-order valence-corrected chi connectivity index (χ3v) is 2.26. The molecular weight excluding hydrogens is 202 g/mol. The van der Waals surface area contributed by atoms with Crippen LogP contribution in [0.3, 0.4) is 0 Å². The minimum atomic E-state index is -0.190. The van der Waals surface area contributed by atoms with Crippen molar-refractivity contribution in [3.8, 4) is 0 Å². The molecule has 0 saturated heterocycles. The van der Waals surface area contributed by atoms with Gasteiger partial charge in [0.25, 0.3) is 0 Å². The molecule has 0 radical (unpaired) electrons. The van der Waals surface area contributed by atoms with E-state index in [2.05, 4.69) is 13.5 Å². The fraction of sp³-hybridized carbons (Fsp3) is 0.385. The SMILES string of the molecule is C=Cc1cc[n+](OC(=O)CCCCC)cc1. The van der Waals surface area contributed by atoms with Crippen LogP contribution in [-0.2, 0) is 4.79 Å². The highest BCUT2D eigenvalue weighted by Crippen LogP contribution is 1.99. The molecule has 0 N–H and O–H groups in total. The number of carbonyl (C=O) groups excluding carboxylic acids is 1. The highest BCUT2D eigenvalue weighted by atomic mass is 16.7. The van der Waals surface area contributed by atoms with Crippen LogP contribution in [0.5, 0.6) is 0 Å². The Morgan fingerprint density at radius 3 is 2.69 bits per heavy atom. The molecule has 1 rings (SSSR count). The number of hydrogen-bond acceptors (Lipinski definition) is 2. The standard InChI is InChI=1S/C13H18NO2/c1-3-5-6-7-13(15)16-14-10-8-12(4-2)9-11-14/h4,8-11H,2-3,5-7H2,1H3/q+1. The minimum Gasteiger partial charge on any atom is -0.245 e. The number of rotatable bonds is 6. The lowest BCUT2D eigenvalue weighted by atomic mass is 10.2. The first-order chi connectivity index (χ1) is 7.76. The number of nitrogens with zero attached hydrogens (tertiary/aromatic N) is 1. The zero-order valence-corrected chi connectivity index (χ0v) is 9.69. The van der Waals surface area contributed by atoms with Gasteiger partial charge in [-0.1, -0.05) is 32.4 Å². The van der Waals surface area contributed by atoms with Gasteiger partial charge >= 0.3 is 5.97 Å². The summed E-state index contributed by atoms with van der Waals surface area (Å²) in [5.41, 5.74) is 0.998. The molecule has 0 spiro atoms. The average Bonchev–Trinajstić information content (AvgIpc) is 2.30. The zero-order valence-electron chi connectivity index (χ0n) is 9.69. The summed E-state index contributed by atoms with van der Waals surface area (Å²) in [5.74, 6) is -0.190. The summed E-state index contributed by atoms with van der Waals surface area (Å²) in [6.07, 6.45) is 8.69. The van der Waals surface area contributed by atoms with Crippen molar-refractivity contribution >= 4 is 12.0 Å². The number of hydrogen-bond donors (Lipinski definition) is 0. The average molecular weight is 220 g/mol. The molecule has 0 aliphatic rings. The van der Waals surface area contributed by atoms with Crippen molar-refractivity contribution in [3.63, 3.8) is 0 Å². The predicted molar refractivity (Wildman–Crippen MR) is 62.5 cm³/mol. The second-order valence-corrected chi connectivity index (χ2v) is 3.62. The van der Waals surface area contributed by atoms with Crippen LogP contribution in [0.4, 0.5) is 0 Å². The molecule has 3 nitrogen and oxygen atoms in total.